The minimum Gasteiger partial charge on any atom is -0.481 e. The van der Waals surface area contributed by atoms with E-state index in [1.54, 1.807) is 0 Å². The lowest BCUT2D eigenvalue weighted by Crippen LogP contribution is -2.51. The van der Waals surface area contributed by atoms with Crippen LogP contribution in [-0.2, 0) is 9.53 Å². The quantitative estimate of drug-likeness (QED) is 0.677. The van der Waals surface area contributed by atoms with Gasteiger partial charge >= 0.3 is 12.0 Å². The lowest BCUT2D eigenvalue weighted by molar-refractivity contribution is -0.142. The van der Waals surface area contributed by atoms with Crippen LogP contribution in [-0.4, -0.2) is 66.9 Å². The van der Waals surface area contributed by atoms with E-state index in [1.807, 2.05) is 0 Å². The van der Waals surface area contributed by atoms with Crippen LogP contribution in [0.5, 0.6) is 0 Å². The molecule has 0 aromatic rings. The number of carbonyl (C=O) groups is 2. The standard InChI is InChI=1S/C14H25N3O4/c1-2-17-6-7-21-10(9-17)8-15-14(20)16-12-5-3-4-11(12)13(18)19/h10-12H,2-9H2,1H3,(H,18,19)(H2,15,16,20). The summed E-state index contributed by atoms with van der Waals surface area (Å²) in [6, 6.07) is -0.563. The molecule has 3 unspecified atom stereocenters. The van der Waals surface area contributed by atoms with Gasteiger partial charge in [0.25, 0.3) is 0 Å². The number of nitrogens with one attached hydrogen (secondary N) is 2. The molecule has 1 heterocycles. The van der Waals surface area contributed by atoms with Crippen LogP contribution in [0, 0.1) is 5.92 Å². The molecule has 1 saturated carbocycles. The summed E-state index contributed by atoms with van der Waals surface area (Å²) in [6.07, 6.45) is 2.22. The Hall–Kier alpha value is -1.34. The number of likely N-dealkylation sites (N-methyl/N-ethyl adjacent to an activating group) is 1. The molecule has 0 bridgehead atoms. The van der Waals surface area contributed by atoms with Gasteiger partial charge in [-0.2, -0.15) is 0 Å². The van der Waals surface area contributed by atoms with Gasteiger partial charge in [-0.1, -0.05) is 13.3 Å². The molecule has 0 radical (unpaired) electrons. The highest BCUT2D eigenvalue weighted by Crippen LogP contribution is 2.25. The van der Waals surface area contributed by atoms with Crippen molar-refractivity contribution in [2.45, 2.75) is 38.3 Å². The van der Waals surface area contributed by atoms with E-state index in [4.69, 9.17) is 9.84 Å². The summed E-state index contributed by atoms with van der Waals surface area (Å²) in [5.41, 5.74) is 0. The summed E-state index contributed by atoms with van der Waals surface area (Å²) in [5.74, 6) is -1.29. The zero-order chi connectivity index (χ0) is 15.2. The van der Waals surface area contributed by atoms with Gasteiger partial charge in [-0.25, -0.2) is 4.79 Å². The van der Waals surface area contributed by atoms with Crippen molar-refractivity contribution in [1.29, 1.82) is 0 Å². The normalized spacial score (nSPS) is 30.0. The molecule has 3 N–H and O–H groups in total. The maximum atomic E-state index is 11.9. The first kappa shape index (κ1) is 16.0. The Bertz CT molecular complexity index is 377. The number of hydrogen-bond acceptors (Lipinski definition) is 4. The number of carboxylic acid groups (broad SMARTS) is 1. The molecule has 0 spiro atoms. The highest BCUT2D eigenvalue weighted by Gasteiger charge is 2.34. The number of aliphatic carboxylic acids is 1. The monoisotopic (exact) mass is 299 g/mol. The van der Waals surface area contributed by atoms with Crippen molar-refractivity contribution >= 4 is 12.0 Å². The fourth-order valence-corrected chi connectivity index (χ4v) is 3.05. The highest BCUT2D eigenvalue weighted by atomic mass is 16.5. The first-order chi connectivity index (χ1) is 10.1. The smallest absolute Gasteiger partial charge is 0.315 e. The van der Waals surface area contributed by atoms with Gasteiger partial charge in [0.05, 0.1) is 18.6 Å². The Morgan fingerprint density at radius 3 is 2.90 bits per heavy atom. The molecular formula is C14H25N3O4. The maximum absolute atomic E-state index is 11.9. The fraction of sp³-hybridized carbons (Fsp3) is 0.857. The van der Waals surface area contributed by atoms with Gasteiger partial charge in [0.1, 0.15) is 0 Å². The van der Waals surface area contributed by atoms with Crippen LogP contribution >= 0.6 is 0 Å². The Labute approximate surface area is 125 Å². The molecule has 1 aliphatic carbocycles. The van der Waals surface area contributed by atoms with Gasteiger partial charge in [0.2, 0.25) is 0 Å². The molecular weight excluding hydrogens is 274 g/mol. The Morgan fingerprint density at radius 1 is 1.38 bits per heavy atom. The van der Waals surface area contributed by atoms with Crippen LogP contribution in [0.25, 0.3) is 0 Å². The van der Waals surface area contributed by atoms with E-state index in [1.165, 1.54) is 0 Å². The number of urea groups is 1. The lowest BCUT2D eigenvalue weighted by Gasteiger charge is -2.32. The summed E-state index contributed by atoms with van der Waals surface area (Å²) < 4.78 is 5.61. The third-order valence-corrected chi connectivity index (χ3v) is 4.31. The molecule has 7 heteroatoms. The van der Waals surface area contributed by atoms with Crippen molar-refractivity contribution in [3.63, 3.8) is 0 Å². The zero-order valence-electron chi connectivity index (χ0n) is 12.5. The van der Waals surface area contributed by atoms with E-state index in [9.17, 15) is 9.59 Å². The minimum absolute atomic E-state index is 0.00305. The van der Waals surface area contributed by atoms with Crippen molar-refractivity contribution in [3.05, 3.63) is 0 Å². The van der Waals surface area contributed by atoms with Crippen molar-refractivity contribution in [2.24, 2.45) is 5.92 Å². The van der Waals surface area contributed by atoms with Crippen molar-refractivity contribution < 1.29 is 19.4 Å². The minimum atomic E-state index is -0.827. The third-order valence-electron chi connectivity index (χ3n) is 4.31. The number of morpholine rings is 1. The van der Waals surface area contributed by atoms with Crippen LogP contribution in [0.4, 0.5) is 4.79 Å². The van der Waals surface area contributed by atoms with E-state index in [2.05, 4.69) is 22.5 Å². The summed E-state index contributed by atoms with van der Waals surface area (Å²) in [4.78, 5) is 25.2. The van der Waals surface area contributed by atoms with E-state index in [0.29, 0.717) is 19.6 Å². The van der Waals surface area contributed by atoms with Crippen LogP contribution in [0.1, 0.15) is 26.2 Å². The molecule has 120 valence electrons. The summed E-state index contributed by atoms with van der Waals surface area (Å²) in [5, 5.41) is 14.7. The maximum Gasteiger partial charge on any atom is 0.315 e. The summed E-state index contributed by atoms with van der Waals surface area (Å²) in [7, 11) is 0. The molecule has 1 saturated heterocycles. The number of carboxylic acids is 1. The summed E-state index contributed by atoms with van der Waals surface area (Å²) >= 11 is 0. The van der Waals surface area contributed by atoms with Crippen molar-refractivity contribution in [2.75, 3.05) is 32.8 Å². The van der Waals surface area contributed by atoms with Crippen LogP contribution in [0.3, 0.4) is 0 Å². The molecule has 2 amide bonds. The molecule has 3 atom stereocenters. The van der Waals surface area contributed by atoms with Gasteiger partial charge in [0.15, 0.2) is 0 Å². The second-order valence-corrected chi connectivity index (χ2v) is 5.72. The van der Waals surface area contributed by atoms with Crippen LogP contribution in [0.2, 0.25) is 0 Å². The lowest BCUT2D eigenvalue weighted by atomic mass is 10.0. The molecule has 21 heavy (non-hydrogen) atoms. The fourth-order valence-electron chi connectivity index (χ4n) is 3.05. The molecule has 0 aromatic carbocycles. The van der Waals surface area contributed by atoms with Gasteiger partial charge < -0.3 is 20.5 Å². The number of nitrogens with zero attached hydrogens (tertiary/aromatic N) is 1. The molecule has 2 fully saturated rings. The average molecular weight is 299 g/mol. The first-order valence-electron chi connectivity index (χ1n) is 7.71. The number of ether oxygens (including phenoxy) is 1. The van der Waals surface area contributed by atoms with Gasteiger partial charge in [-0.15, -0.1) is 0 Å². The first-order valence-corrected chi connectivity index (χ1v) is 7.71. The van der Waals surface area contributed by atoms with E-state index >= 15 is 0 Å². The van der Waals surface area contributed by atoms with E-state index in [-0.39, 0.29) is 18.2 Å². The van der Waals surface area contributed by atoms with Crippen molar-refractivity contribution in [1.82, 2.24) is 15.5 Å². The van der Waals surface area contributed by atoms with E-state index < -0.39 is 11.9 Å². The summed E-state index contributed by atoms with van der Waals surface area (Å²) in [6.45, 7) is 5.97. The second kappa shape index (κ2) is 7.61. The predicted octanol–water partition coefficient (Wildman–Crippen LogP) is 0.260. The molecule has 0 aromatic heterocycles. The highest BCUT2D eigenvalue weighted by molar-refractivity contribution is 5.77. The Morgan fingerprint density at radius 2 is 2.19 bits per heavy atom. The van der Waals surface area contributed by atoms with Gasteiger partial charge in [-0.05, 0) is 19.4 Å². The van der Waals surface area contributed by atoms with Gasteiger partial charge in [-0.3, -0.25) is 9.69 Å². The van der Waals surface area contributed by atoms with Crippen molar-refractivity contribution in [3.8, 4) is 0 Å². The van der Waals surface area contributed by atoms with Gasteiger partial charge in [0, 0.05) is 25.7 Å². The molecule has 1 aliphatic heterocycles. The van der Waals surface area contributed by atoms with Crippen LogP contribution in [0.15, 0.2) is 0 Å². The SMILES string of the molecule is CCN1CCOC(CNC(=O)NC2CCCC2C(=O)O)C1. The predicted molar refractivity (Wildman–Crippen MR) is 77.2 cm³/mol. The largest absolute Gasteiger partial charge is 0.481 e. The average Bonchev–Trinajstić information content (AvgIpc) is 2.93. The molecule has 7 nitrogen and oxygen atoms in total. The number of carbonyl (C=O) groups excluding carboxylic acids is 1. The van der Waals surface area contributed by atoms with E-state index in [0.717, 1.165) is 32.5 Å². The molecule has 2 rings (SSSR count). The Kier molecular flexibility index (Phi) is 5.81. The number of rotatable bonds is 5. The molecule has 2 aliphatic rings. The number of amides is 2. The topological polar surface area (TPSA) is 90.9 Å². The Balaban J connectivity index is 1.71. The van der Waals surface area contributed by atoms with Crippen LogP contribution < -0.4 is 10.6 Å². The number of hydrogen-bond donors (Lipinski definition) is 3. The zero-order valence-corrected chi connectivity index (χ0v) is 12.5. The third kappa shape index (κ3) is 4.57. The second-order valence-electron chi connectivity index (χ2n) is 5.72.